The van der Waals surface area contributed by atoms with E-state index in [9.17, 15) is 9.59 Å². The van der Waals surface area contributed by atoms with Crippen LogP contribution in [0.2, 0.25) is 0 Å². The Morgan fingerprint density at radius 3 is 2.55 bits per heavy atom. The number of carbonyl (C=O) groups is 2. The third kappa shape index (κ3) is 5.61. The summed E-state index contributed by atoms with van der Waals surface area (Å²) in [5.74, 6) is -0.558. The molecule has 7 nitrogen and oxygen atoms in total. The van der Waals surface area contributed by atoms with E-state index >= 15 is 0 Å². The number of rotatable bonds is 7. The van der Waals surface area contributed by atoms with Crippen LogP contribution >= 0.6 is 11.3 Å². The molecule has 1 unspecified atom stereocenters. The lowest BCUT2D eigenvalue weighted by molar-refractivity contribution is 0.00694. The average Bonchev–Trinajstić information content (AvgIpc) is 3.25. The molecule has 162 valence electrons. The molecule has 0 aliphatic heterocycles. The number of thiazole rings is 1. The zero-order valence-corrected chi connectivity index (χ0v) is 18.7. The molecule has 0 fully saturated rings. The Morgan fingerprint density at radius 1 is 1.16 bits per heavy atom. The molecule has 0 radical (unpaired) electrons. The van der Waals surface area contributed by atoms with E-state index in [2.05, 4.69) is 10.3 Å². The van der Waals surface area contributed by atoms with Gasteiger partial charge in [-0.1, -0.05) is 12.1 Å². The summed E-state index contributed by atoms with van der Waals surface area (Å²) in [7, 11) is 1.49. The first-order valence-electron chi connectivity index (χ1n) is 9.64. The van der Waals surface area contributed by atoms with E-state index in [0.717, 1.165) is 16.1 Å². The van der Waals surface area contributed by atoms with E-state index in [-0.39, 0.29) is 6.04 Å². The lowest BCUT2D eigenvalue weighted by atomic mass is 10.0. The van der Waals surface area contributed by atoms with Crippen molar-refractivity contribution >= 4 is 28.9 Å². The lowest BCUT2D eigenvalue weighted by Crippen LogP contribution is -2.24. The molecule has 31 heavy (non-hydrogen) atoms. The summed E-state index contributed by atoms with van der Waals surface area (Å²) in [5, 5.41) is 3.45. The monoisotopic (exact) mass is 439 g/mol. The standard InChI is InChI=1S/C23H25N3O4S/c1-23(2,3)30-22(28)15-6-5-7-16(10-15)26-20(19-12-25-13-31-19)14-8-9-17(21(24)27)18(11-14)29-4/h5-13,20,26H,1-4H3,(H2,24,27). The first-order chi connectivity index (χ1) is 14.7. The lowest BCUT2D eigenvalue weighted by Gasteiger charge is -2.22. The molecule has 1 heterocycles. The van der Waals surface area contributed by atoms with Gasteiger partial charge in [0.2, 0.25) is 0 Å². The molecule has 0 bridgehead atoms. The third-order valence-electron chi connectivity index (χ3n) is 4.37. The van der Waals surface area contributed by atoms with Crippen molar-refractivity contribution < 1.29 is 19.1 Å². The van der Waals surface area contributed by atoms with Gasteiger partial charge in [-0.2, -0.15) is 0 Å². The number of esters is 1. The molecule has 1 amide bonds. The second-order valence-corrected chi connectivity index (χ2v) is 8.81. The van der Waals surface area contributed by atoms with Crippen molar-refractivity contribution in [3.8, 4) is 5.75 Å². The Kier molecular flexibility index (Phi) is 6.60. The molecule has 0 aliphatic rings. The number of nitrogens with zero attached hydrogens (tertiary/aromatic N) is 1. The highest BCUT2D eigenvalue weighted by Crippen LogP contribution is 2.32. The number of nitrogens with two attached hydrogens (primary N) is 1. The van der Waals surface area contributed by atoms with Gasteiger partial charge < -0.3 is 20.5 Å². The van der Waals surface area contributed by atoms with Gasteiger partial charge in [0.1, 0.15) is 11.4 Å². The van der Waals surface area contributed by atoms with E-state index in [1.54, 1.807) is 42.0 Å². The minimum atomic E-state index is -0.579. The summed E-state index contributed by atoms with van der Waals surface area (Å²) >= 11 is 1.49. The SMILES string of the molecule is COc1cc(C(Nc2cccc(C(=O)OC(C)(C)C)c2)c2cncs2)ccc1C(N)=O. The van der Waals surface area contributed by atoms with Gasteiger partial charge in [-0.3, -0.25) is 9.78 Å². The summed E-state index contributed by atoms with van der Waals surface area (Å²) in [5.41, 5.74) is 8.95. The highest BCUT2D eigenvalue weighted by molar-refractivity contribution is 7.09. The Balaban J connectivity index is 1.95. The summed E-state index contributed by atoms with van der Waals surface area (Å²) in [6.07, 6.45) is 1.77. The van der Waals surface area contributed by atoms with E-state index < -0.39 is 17.5 Å². The quantitative estimate of drug-likeness (QED) is 0.529. The number of hydrogen-bond donors (Lipinski definition) is 2. The molecule has 1 aromatic heterocycles. The van der Waals surface area contributed by atoms with Gasteiger partial charge >= 0.3 is 5.97 Å². The van der Waals surface area contributed by atoms with Crippen molar-refractivity contribution in [1.29, 1.82) is 0 Å². The normalized spacial score (nSPS) is 12.1. The summed E-state index contributed by atoms with van der Waals surface area (Å²) < 4.78 is 10.8. The molecule has 1 atom stereocenters. The van der Waals surface area contributed by atoms with Gasteiger partial charge in [-0.25, -0.2) is 4.79 Å². The first-order valence-corrected chi connectivity index (χ1v) is 10.5. The van der Waals surface area contributed by atoms with Gasteiger partial charge in [-0.05, 0) is 56.7 Å². The topological polar surface area (TPSA) is 104 Å². The van der Waals surface area contributed by atoms with Crippen molar-refractivity contribution in [2.75, 3.05) is 12.4 Å². The predicted molar refractivity (Wildman–Crippen MR) is 121 cm³/mol. The van der Waals surface area contributed by atoms with Crippen LogP contribution in [0.1, 0.15) is 58.0 Å². The molecule has 8 heteroatoms. The van der Waals surface area contributed by atoms with Crippen LogP contribution in [0.15, 0.2) is 54.2 Å². The van der Waals surface area contributed by atoms with Crippen LogP contribution in [-0.2, 0) is 4.74 Å². The maximum atomic E-state index is 12.5. The molecular formula is C23H25N3O4S. The van der Waals surface area contributed by atoms with Crippen LogP contribution in [0.5, 0.6) is 5.75 Å². The van der Waals surface area contributed by atoms with Gasteiger partial charge in [0.25, 0.3) is 5.91 Å². The molecule has 0 aliphatic carbocycles. The van der Waals surface area contributed by atoms with E-state index in [4.69, 9.17) is 15.2 Å². The number of methoxy groups -OCH3 is 1. The number of nitrogens with one attached hydrogen (secondary N) is 1. The van der Waals surface area contributed by atoms with Crippen molar-refractivity contribution in [3.63, 3.8) is 0 Å². The van der Waals surface area contributed by atoms with Gasteiger partial charge in [0.15, 0.2) is 0 Å². The zero-order valence-electron chi connectivity index (χ0n) is 17.8. The number of aromatic nitrogens is 1. The second-order valence-electron chi connectivity index (χ2n) is 7.89. The number of amides is 1. The Morgan fingerprint density at radius 2 is 1.94 bits per heavy atom. The molecule has 3 rings (SSSR count). The number of ether oxygens (including phenoxy) is 2. The molecule has 0 saturated heterocycles. The van der Waals surface area contributed by atoms with Crippen molar-refractivity contribution in [2.45, 2.75) is 32.4 Å². The number of anilines is 1. The van der Waals surface area contributed by atoms with Crippen LogP contribution in [0, 0.1) is 0 Å². The van der Waals surface area contributed by atoms with Gasteiger partial charge in [-0.15, -0.1) is 11.3 Å². The molecule has 0 saturated carbocycles. The van der Waals surface area contributed by atoms with Crippen LogP contribution in [0.25, 0.3) is 0 Å². The Labute approximate surface area is 185 Å². The molecular weight excluding hydrogens is 414 g/mol. The second kappa shape index (κ2) is 9.18. The van der Waals surface area contributed by atoms with E-state index in [0.29, 0.717) is 16.9 Å². The van der Waals surface area contributed by atoms with Gasteiger partial charge in [0, 0.05) is 11.9 Å². The van der Waals surface area contributed by atoms with Crippen LogP contribution in [0.3, 0.4) is 0 Å². The fourth-order valence-electron chi connectivity index (χ4n) is 3.02. The van der Waals surface area contributed by atoms with E-state index in [1.807, 2.05) is 32.9 Å². The maximum absolute atomic E-state index is 12.5. The Hall–Kier alpha value is -3.39. The van der Waals surface area contributed by atoms with Crippen LogP contribution < -0.4 is 15.8 Å². The van der Waals surface area contributed by atoms with Crippen molar-refractivity contribution in [1.82, 2.24) is 4.98 Å². The predicted octanol–water partition coefficient (Wildman–Crippen LogP) is 4.41. The highest BCUT2D eigenvalue weighted by Gasteiger charge is 2.21. The summed E-state index contributed by atoms with van der Waals surface area (Å²) in [6, 6.07) is 12.1. The Bertz CT molecular complexity index is 1070. The minimum Gasteiger partial charge on any atom is -0.496 e. The number of hydrogen-bond acceptors (Lipinski definition) is 7. The van der Waals surface area contributed by atoms with Crippen LogP contribution in [0.4, 0.5) is 5.69 Å². The summed E-state index contributed by atoms with van der Waals surface area (Å²) in [6.45, 7) is 5.49. The van der Waals surface area contributed by atoms with E-state index in [1.165, 1.54) is 18.4 Å². The molecule has 0 spiro atoms. The number of primary amides is 1. The van der Waals surface area contributed by atoms with Crippen LogP contribution in [-0.4, -0.2) is 29.6 Å². The third-order valence-corrected chi connectivity index (χ3v) is 5.21. The largest absolute Gasteiger partial charge is 0.496 e. The first kappa shape index (κ1) is 22.3. The smallest absolute Gasteiger partial charge is 0.338 e. The fourth-order valence-corrected chi connectivity index (χ4v) is 3.71. The average molecular weight is 440 g/mol. The summed E-state index contributed by atoms with van der Waals surface area (Å²) in [4.78, 5) is 29.3. The molecule has 3 N–H and O–H groups in total. The van der Waals surface area contributed by atoms with Crippen molar-refractivity contribution in [2.24, 2.45) is 5.73 Å². The minimum absolute atomic E-state index is 0.280. The van der Waals surface area contributed by atoms with Crippen molar-refractivity contribution in [3.05, 3.63) is 75.7 Å². The molecule has 2 aromatic carbocycles. The molecule has 3 aromatic rings. The zero-order chi connectivity index (χ0) is 22.6. The highest BCUT2D eigenvalue weighted by atomic mass is 32.1. The maximum Gasteiger partial charge on any atom is 0.338 e. The number of benzene rings is 2. The van der Waals surface area contributed by atoms with Gasteiger partial charge in [0.05, 0.1) is 34.7 Å². The number of carbonyl (C=O) groups excluding carboxylic acids is 2. The fraction of sp³-hybridized carbons (Fsp3) is 0.261.